The third-order valence-corrected chi connectivity index (χ3v) is 3.94. The van der Waals surface area contributed by atoms with Crippen molar-refractivity contribution >= 4 is 5.91 Å². The van der Waals surface area contributed by atoms with Gasteiger partial charge in [0.05, 0.1) is 6.42 Å². The highest BCUT2D eigenvalue weighted by molar-refractivity contribution is 5.76. The fourth-order valence-electron chi connectivity index (χ4n) is 2.82. The van der Waals surface area contributed by atoms with E-state index in [1.165, 1.54) is 6.42 Å². The number of rotatable bonds is 3. The van der Waals surface area contributed by atoms with Gasteiger partial charge in [0.2, 0.25) is 5.91 Å². The van der Waals surface area contributed by atoms with E-state index in [4.69, 9.17) is 0 Å². The zero-order chi connectivity index (χ0) is 13.2. The summed E-state index contributed by atoms with van der Waals surface area (Å²) in [5.74, 6) is -0.478. The molecule has 6 heteroatoms. The van der Waals surface area contributed by atoms with Crippen LogP contribution in [0.15, 0.2) is 0 Å². The molecule has 104 valence electrons. The van der Waals surface area contributed by atoms with Crippen LogP contribution in [0.2, 0.25) is 0 Å². The lowest BCUT2D eigenvalue weighted by Crippen LogP contribution is -2.59. The van der Waals surface area contributed by atoms with Crippen LogP contribution in [0.5, 0.6) is 0 Å². The van der Waals surface area contributed by atoms with Crippen LogP contribution in [-0.4, -0.2) is 30.2 Å². The minimum absolute atomic E-state index is 0.0345. The molecule has 1 aliphatic carbocycles. The van der Waals surface area contributed by atoms with Gasteiger partial charge in [-0.3, -0.25) is 4.79 Å². The monoisotopic (exact) mass is 264 g/mol. The van der Waals surface area contributed by atoms with Crippen LogP contribution in [0.4, 0.5) is 13.2 Å². The Morgan fingerprint density at radius 3 is 2.67 bits per heavy atom. The van der Waals surface area contributed by atoms with E-state index in [2.05, 4.69) is 10.6 Å². The zero-order valence-corrected chi connectivity index (χ0v) is 10.3. The summed E-state index contributed by atoms with van der Waals surface area (Å²) in [7, 11) is 0. The first-order valence-electron chi connectivity index (χ1n) is 6.50. The van der Waals surface area contributed by atoms with Crippen molar-refractivity contribution < 1.29 is 18.0 Å². The minimum Gasteiger partial charge on any atom is -0.353 e. The number of halogens is 3. The van der Waals surface area contributed by atoms with Crippen LogP contribution in [0.3, 0.4) is 0 Å². The number of carbonyl (C=O) groups excluding carboxylic acids is 1. The first-order valence-corrected chi connectivity index (χ1v) is 6.50. The van der Waals surface area contributed by atoms with Gasteiger partial charge in [-0.15, -0.1) is 0 Å². The molecular formula is C12H19F3N2O. The van der Waals surface area contributed by atoms with Crippen molar-refractivity contribution in [2.24, 2.45) is 0 Å². The van der Waals surface area contributed by atoms with Crippen molar-refractivity contribution in [2.75, 3.05) is 6.54 Å². The summed E-state index contributed by atoms with van der Waals surface area (Å²) in [6.45, 7) is 0.838. The molecule has 1 unspecified atom stereocenters. The van der Waals surface area contributed by atoms with Crippen LogP contribution in [0.25, 0.3) is 0 Å². The van der Waals surface area contributed by atoms with Crippen molar-refractivity contribution in [3.05, 3.63) is 0 Å². The molecule has 0 radical (unpaired) electrons. The molecule has 2 aliphatic rings. The molecule has 2 rings (SSSR count). The topological polar surface area (TPSA) is 41.1 Å². The van der Waals surface area contributed by atoms with E-state index < -0.39 is 24.9 Å². The van der Waals surface area contributed by atoms with Gasteiger partial charge in [-0.25, -0.2) is 0 Å². The van der Waals surface area contributed by atoms with Gasteiger partial charge in [0.15, 0.2) is 0 Å². The van der Waals surface area contributed by atoms with Gasteiger partial charge in [-0.1, -0.05) is 0 Å². The lowest BCUT2D eigenvalue weighted by molar-refractivity contribution is -0.144. The van der Waals surface area contributed by atoms with Gasteiger partial charge in [0, 0.05) is 18.0 Å². The molecule has 0 aromatic carbocycles. The van der Waals surface area contributed by atoms with Crippen molar-refractivity contribution in [3.8, 4) is 0 Å². The maximum Gasteiger partial charge on any atom is 0.389 e. The van der Waals surface area contributed by atoms with E-state index in [0.717, 1.165) is 32.2 Å². The van der Waals surface area contributed by atoms with E-state index in [1.807, 2.05) is 0 Å². The minimum atomic E-state index is -4.25. The van der Waals surface area contributed by atoms with Gasteiger partial charge in [0.1, 0.15) is 0 Å². The van der Waals surface area contributed by atoms with Gasteiger partial charge in [-0.05, 0) is 38.6 Å². The van der Waals surface area contributed by atoms with Crippen LogP contribution in [-0.2, 0) is 4.79 Å². The van der Waals surface area contributed by atoms with Gasteiger partial charge in [0.25, 0.3) is 0 Å². The molecule has 1 amide bonds. The first kappa shape index (κ1) is 13.6. The van der Waals surface area contributed by atoms with E-state index in [0.29, 0.717) is 0 Å². The molecule has 1 heterocycles. The van der Waals surface area contributed by atoms with E-state index in [1.54, 1.807) is 0 Å². The Labute approximate surface area is 104 Å². The van der Waals surface area contributed by atoms with Crippen molar-refractivity contribution in [1.29, 1.82) is 0 Å². The molecule has 1 spiro atoms. The summed E-state index contributed by atoms with van der Waals surface area (Å²) < 4.78 is 36.0. The summed E-state index contributed by atoms with van der Waals surface area (Å²) in [5.41, 5.74) is 0.153. The molecule has 1 atom stereocenters. The van der Waals surface area contributed by atoms with E-state index in [-0.39, 0.29) is 11.6 Å². The molecule has 0 bridgehead atoms. The normalized spacial score (nSPS) is 26.7. The number of nitrogens with one attached hydrogen (secondary N) is 2. The number of amides is 1. The third kappa shape index (κ3) is 3.60. The number of piperidine rings is 1. The van der Waals surface area contributed by atoms with Crippen LogP contribution >= 0.6 is 0 Å². The zero-order valence-electron chi connectivity index (χ0n) is 10.3. The fourth-order valence-corrected chi connectivity index (χ4v) is 2.82. The van der Waals surface area contributed by atoms with Gasteiger partial charge >= 0.3 is 6.18 Å². The Morgan fingerprint density at radius 1 is 1.39 bits per heavy atom. The predicted molar refractivity (Wildman–Crippen MR) is 61.0 cm³/mol. The number of carbonyl (C=O) groups is 1. The average Bonchev–Trinajstić information content (AvgIpc) is 2.24. The maximum atomic E-state index is 12.0. The largest absolute Gasteiger partial charge is 0.389 e. The molecule has 0 aromatic rings. The average molecular weight is 264 g/mol. The van der Waals surface area contributed by atoms with Crippen LogP contribution in [0.1, 0.15) is 44.9 Å². The second kappa shape index (κ2) is 5.07. The highest BCUT2D eigenvalue weighted by atomic mass is 19.4. The highest BCUT2D eigenvalue weighted by Crippen LogP contribution is 2.38. The van der Waals surface area contributed by atoms with Gasteiger partial charge < -0.3 is 10.6 Å². The second-order valence-corrected chi connectivity index (χ2v) is 5.43. The fraction of sp³-hybridized carbons (Fsp3) is 0.917. The lowest BCUT2D eigenvalue weighted by atomic mass is 9.70. The number of hydrogen-bond acceptors (Lipinski definition) is 2. The summed E-state index contributed by atoms with van der Waals surface area (Å²) >= 11 is 0. The summed E-state index contributed by atoms with van der Waals surface area (Å²) in [4.78, 5) is 11.4. The molecule has 2 N–H and O–H groups in total. The first-order chi connectivity index (χ1) is 8.39. The van der Waals surface area contributed by atoms with Crippen molar-refractivity contribution in [3.63, 3.8) is 0 Å². The third-order valence-electron chi connectivity index (χ3n) is 3.94. The van der Waals surface area contributed by atoms with Crippen molar-refractivity contribution in [1.82, 2.24) is 10.6 Å². The second-order valence-electron chi connectivity index (χ2n) is 5.43. The molecule has 0 aromatic heterocycles. The van der Waals surface area contributed by atoms with E-state index >= 15 is 0 Å². The predicted octanol–water partition coefficient (Wildman–Crippen LogP) is 2.12. The Balaban J connectivity index is 1.73. The molecule has 1 aliphatic heterocycles. The summed E-state index contributed by atoms with van der Waals surface area (Å²) in [5, 5.41) is 6.20. The Hall–Kier alpha value is -0.780. The molecule has 18 heavy (non-hydrogen) atoms. The smallest absolute Gasteiger partial charge is 0.353 e. The Morgan fingerprint density at radius 2 is 2.11 bits per heavy atom. The van der Waals surface area contributed by atoms with Crippen molar-refractivity contribution in [2.45, 2.75) is 62.7 Å². The SMILES string of the molecule is O=C(CCC(F)(F)F)NC1CCNC2(CCC2)C1. The molecule has 1 saturated carbocycles. The number of alkyl halides is 3. The Bertz CT molecular complexity index is 313. The molecular weight excluding hydrogens is 245 g/mol. The van der Waals surface area contributed by atoms with Gasteiger partial charge in [-0.2, -0.15) is 13.2 Å². The summed E-state index contributed by atoms with van der Waals surface area (Å²) in [6.07, 6.45) is -0.661. The molecule has 1 saturated heterocycles. The standard InChI is InChI=1S/C12H19F3N2O/c13-12(14,15)6-2-10(18)17-9-3-7-16-11(8-9)4-1-5-11/h9,16H,1-8H2,(H,17,18). The highest BCUT2D eigenvalue weighted by Gasteiger charge is 2.41. The maximum absolute atomic E-state index is 12.0. The lowest BCUT2D eigenvalue weighted by Gasteiger charge is -2.48. The molecule has 3 nitrogen and oxygen atoms in total. The quantitative estimate of drug-likeness (QED) is 0.819. The summed E-state index contributed by atoms with van der Waals surface area (Å²) in [6, 6.07) is 0.0345. The van der Waals surface area contributed by atoms with E-state index in [9.17, 15) is 18.0 Å². The van der Waals surface area contributed by atoms with Crippen LogP contribution in [0, 0.1) is 0 Å². The number of hydrogen-bond donors (Lipinski definition) is 2. The van der Waals surface area contributed by atoms with Crippen LogP contribution < -0.4 is 10.6 Å². The Kier molecular flexibility index (Phi) is 3.84. The molecule has 2 fully saturated rings.